The van der Waals surface area contributed by atoms with Gasteiger partial charge in [0.05, 0.1) is 0 Å². The monoisotopic (exact) mass is 726 g/mol. The molecular formula is C49H48BO3P. The van der Waals surface area contributed by atoms with Crippen LogP contribution in [-0.4, -0.2) is 19.6 Å². The molecule has 0 bridgehead atoms. The second kappa shape index (κ2) is 16.2. The van der Waals surface area contributed by atoms with Crippen molar-refractivity contribution in [2.45, 2.75) is 31.6 Å². The van der Waals surface area contributed by atoms with E-state index in [9.17, 15) is 0 Å². The summed E-state index contributed by atoms with van der Waals surface area (Å²) in [4.78, 5) is 0. The predicted molar refractivity (Wildman–Crippen MR) is 229 cm³/mol. The quantitative estimate of drug-likeness (QED) is 0.0598. The van der Waals surface area contributed by atoms with E-state index in [2.05, 4.69) is 160 Å². The van der Waals surface area contributed by atoms with E-state index < -0.39 is 19.1 Å². The summed E-state index contributed by atoms with van der Waals surface area (Å²) in [6.07, 6.45) is 1.87. The molecule has 7 aromatic rings. The van der Waals surface area contributed by atoms with Crippen molar-refractivity contribution in [3.63, 3.8) is 0 Å². The van der Waals surface area contributed by atoms with E-state index in [1.54, 1.807) is 0 Å². The van der Waals surface area contributed by atoms with Crippen LogP contribution in [0.2, 0.25) is 0 Å². The van der Waals surface area contributed by atoms with Crippen LogP contribution in [0.4, 0.5) is 0 Å². The average molecular weight is 727 g/mol. The van der Waals surface area contributed by atoms with Gasteiger partial charge in [-0.05, 0) is 0 Å². The minimum atomic E-state index is -3.46. The first-order valence-corrected chi connectivity index (χ1v) is 21.7. The van der Waals surface area contributed by atoms with Crippen LogP contribution in [0.25, 0.3) is 0 Å². The third-order valence-electron chi connectivity index (χ3n) is 11.7. The molecule has 0 aliphatic rings. The van der Waals surface area contributed by atoms with Crippen LogP contribution < -0.4 is 19.3 Å². The Kier molecular flexibility index (Phi) is 11.0. The zero-order valence-corrected chi connectivity index (χ0v) is 32.3. The minimum absolute atomic E-state index is 0.000631. The molecule has 5 heteroatoms. The summed E-state index contributed by atoms with van der Waals surface area (Å²) in [7, 11) is -1.05. The Balaban J connectivity index is 1.52. The van der Waals surface area contributed by atoms with Crippen molar-refractivity contribution in [3.05, 3.63) is 229 Å². The predicted octanol–water partition coefficient (Wildman–Crippen LogP) is 12.2. The van der Waals surface area contributed by atoms with Crippen molar-refractivity contribution in [2.75, 3.05) is 12.3 Å². The molecule has 1 atom stereocenters. The van der Waals surface area contributed by atoms with Gasteiger partial charge in [-0.3, -0.25) is 0 Å². The van der Waals surface area contributed by atoms with E-state index in [1.807, 2.05) is 66.7 Å². The maximum absolute atomic E-state index is 6.95. The van der Waals surface area contributed by atoms with Crippen LogP contribution in [0, 0.1) is 0 Å². The zero-order valence-electron chi connectivity index (χ0n) is 31.4. The summed E-state index contributed by atoms with van der Waals surface area (Å²) in [5, 5.41) is 0.845. The Bertz CT molecular complexity index is 2060. The van der Waals surface area contributed by atoms with Crippen molar-refractivity contribution in [3.8, 4) is 17.2 Å². The Labute approximate surface area is 321 Å². The van der Waals surface area contributed by atoms with Crippen LogP contribution in [0.3, 0.4) is 0 Å². The summed E-state index contributed by atoms with van der Waals surface area (Å²) >= 11 is 0. The van der Waals surface area contributed by atoms with E-state index in [4.69, 9.17) is 14.0 Å². The molecular weight excluding hydrogens is 678 g/mol. The summed E-state index contributed by atoms with van der Waals surface area (Å²) in [5.41, 5.74) is 4.98. The molecule has 0 heterocycles. The Morgan fingerprint density at radius 2 is 0.796 bits per heavy atom. The van der Waals surface area contributed by atoms with Crippen LogP contribution >= 0.6 is 6.60 Å². The average Bonchev–Trinajstić information content (AvgIpc) is 3.25. The van der Waals surface area contributed by atoms with Gasteiger partial charge >= 0.3 is 323 Å². The second-order valence-corrected chi connectivity index (χ2v) is 20.3. The van der Waals surface area contributed by atoms with Gasteiger partial charge in [0.15, 0.2) is 0 Å². The third kappa shape index (κ3) is 6.29. The van der Waals surface area contributed by atoms with E-state index in [0.717, 1.165) is 23.6 Å². The van der Waals surface area contributed by atoms with Gasteiger partial charge in [0.1, 0.15) is 0 Å². The fourth-order valence-corrected chi connectivity index (χ4v) is 18.1. The molecule has 0 fully saturated rings. The van der Waals surface area contributed by atoms with Crippen molar-refractivity contribution in [1.29, 1.82) is 0 Å². The Hall–Kier alpha value is -5.57. The molecule has 7 rings (SSSR count). The Morgan fingerprint density at radius 1 is 0.444 bits per heavy atom. The zero-order chi connectivity index (χ0) is 37.3. The van der Waals surface area contributed by atoms with Gasteiger partial charge in [-0.25, -0.2) is 0 Å². The van der Waals surface area contributed by atoms with E-state index >= 15 is 0 Å². The summed E-state index contributed by atoms with van der Waals surface area (Å²) in [6.45, 7) is 3.85. The molecule has 3 nitrogen and oxygen atoms in total. The van der Waals surface area contributed by atoms with Crippen LogP contribution in [-0.2, 0) is 5.16 Å². The molecule has 0 amide bonds. The number of benzene rings is 7. The molecule has 0 aromatic heterocycles. The van der Waals surface area contributed by atoms with E-state index in [0.29, 0.717) is 11.5 Å². The molecule has 1 unspecified atom stereocenters. The van der Waals surface area contributed by atoms with Gasteiger partial charge in [0.25, 0.3) is 0 Å². The van der Waals surface area contributed by atoms with Gasteiger partial charge in [0, 0.05) is 0 Å². The van der Waals surface area contributed by atoms with Gasteiger partial charge in [-0.1, -0.05) is 0 Å². The van der Waals surface area contributed by atoms with Gasteiger partial charge in [-0.2, -0.15) is 0 Å². The fourth-order valence-electron chi connectivity index (χ4n) is 9.29. The van der Waals surface area contributed by atoms with Gasteiger partial charge in [0.2, 0.25) is 0 Å². The van der Waals surface area contributed by atoms with Gasteiger partial charge in [-0.15, -0.1) is 0 Å². The molecule has 54 heavy (non-hydrogen) atoms. The topological polar surface area (TPSA) is 27.7 Å². The van der Waals surface area contributed by atoms with Crippen LogP contribution in [0.5, 0.6) is 17.2 Å². The van der Waals surface area contributed by atoms with Crippen molar-refractivity contribution in [2.24, 2.45) is 0 Å². The first kappa shape index (κ1) is 36.8. The maximum atomic E-state index is 6.95. The van der Waals surface area contributed by atoms with Gasteiger partial charge < -0.3 is 0 Å². The third-order valence-corrected chi connectivity index (χ3v) is 20.8. The Morgan fingerprint density at radius 3 is 1.20 bits per heavy atom. The van der Waals surface area contributed by atoms with Crippen LogP contribution in [0.15, 0.2) is 206 Å². The molecule has 0 spiro atoms. The van der Waals surface area contributed by atoms with E-state index in [-0.39, 0.29) is 5.66 Å². The number of hydrogen-bond acceptors (Lipinski definition) is 3. The molecule has 0 aliphatic heterocycles. The number of para-hydroxylation sites is 3. The molecule has 0 radical (unpaired) electrons. The normalized spacial score (nSPS) is 12.8. The second-order valence-electron chi connectivity index (χ2n) is 13.8. The number of rotatable bonds is 15. The summed E-state index contributed by atoms with van der Waals surface area (Å²) in [6, 6.07) is 73.0. The van der Waals surface area contributed by atoms with Crippen molar-refractivity contribution >= 4 is 19.2 Å². The fraction of sp³-hybridized carbons (Fsp3) is 0.143. The first-order valence-electron chi connectivity index (χ1n) is 19.0. The van der Waals surface area contributed by atoms with Crippen LogP contribution in [0.1, 0.15) is 48.7 Å². The van der Waals surface area contributed by atoms with Crippen molar-refractivity contribution in [1.82, 2.24) is 0 Å². The molecule has 0 saturated heterocycles. The first-order chi connectivity index (χ1) is 26.6. The molecule has 0 saturated carbocycles. The van der Waals surface area contributed by atoms with E-state index in [1.165, 1.54) is 22.0 Å². The summed E-state index contributed by atoms with van der Waals surface area (Å²) < 4.78 is 19.8. The molecule has 0 N–H and O–H groups in total. The van der Waals surface area contributed by atoms with Crippen molar-refractivity contribution < 1.29 is 14.0 Å². The summed E-state index contributed by atoms with van der Waals surface area (Å²) in [5.74, 6) is 2.05. The molecule has 0 aliphatic carbocycles. The molecule has 7 aromatic carbocycles. The number of hydrogen-bond donors (Lipinski definition) is 0. The molecule has 270 valence electrons. The standard InChI is InChI=1S/C49H48BO3P/c1-4-54(5-2,46-36-22-11-23-37-46,49(41-26-12-6-13-27-41,42-28-14-7-15-29-42)43-30-16-8-17-31-43)40(3)47-38-24-25-39-48(47)53-50(51-44-32-18-9-19-33-44)52-45-34-20-10-21-35-45/h6-40H,4-5H2,1-3H3. The SMILES string of the molecule is CCP(CC)(c1ccccc1)(C(C)c1ccccc1OB(Oc1ccccc1)Oc1ccccc1)C(c1ccccc1)(c1ccccc1)c1ccccc1.